The molecular formula is C18H18O3S2. The number of rotatable bonds is 4. The monoisotopic (exact) mass is 346 g/mol. The number of carbonyl (C=O) groups is 1. The molecular weight excluding hydrogens is 328 g/mol. The van der Waals surface area contributed by atoms with Crippen LogP contribution in [0.5, 0.6) is 0 Å². The summed E-state index contributed by atoms with van der Waals surface area (Å²) in [6, 6.07) is 12.2. The lowest BCUT2D eigenvalue weighted by Crippen LogP contribution is -2.38. The Bertz CT molecular complexity index is 742. The highest BCUT2D eigenvalue weighted by Crippen LogP contribution is 2.68. The molecule has 0 saturated carbocycles. The van der Waals surface area contributed by atoms with Gasteiger partial charge in [-0.1, -0.05) is 37.3 Å². The zero-order valence-electron chi connectivity index (χ0n) is 13.1. The highest BCUT2D eigenvalue weighted by atomic mass is 32.2. The maximum Gasteiger partial charge on any atom is 0.312 e. The topological polar surface area (TPSA) is 35.5 Å². The molecule has 2 aromatic rings. The van der Waals surface area contributed by atoms with E-state index < -0.39 is 10.5 Å². The predicted octanol–water partition coefficient (Wildman–Crippen LogP) is 4.12. The van der Waals surface area contributed by atoms with E-state index in [2.05, 4.69) is 30.5 Å². The molecule has 2 bridgehead atoms. The first-order valence-corrected chi connectivity index (χ1v) is 9.60. The largest absolute Gasteiger partial charge is 0.469 e. The molecule has 3 heterocycles. The Labute approximate surface area is 144 Å². The summed E-state index contributed by atoms with van der Waals surface area (Å²) in [5, 5.41) is 2.11. The summed E-state index contributed by atoms with van der Waals surface area (Å²) in [7, 11) is 1.46. The Morgan fingerprint density at radius 1 is 1.39 bits per heavy atom. The molecule has 1 aromatic carbocycles. The number of esters is 1. The van der Waals surface area contributed by atoms with E-state index in [1.165, 1.54) is 12.7 Å². The average molecular weight is 346 g/mol. The molecule has 1 unspecified atom stereocenters. The lowest BCUT2D eigenvalue weighted by Gasteiger charge is -2.31. The standard InChI is InChI=1S/C18H18O3S2/c1-3-23-17-11-14(16(19)20-2)18(21-17,12-7-5-4-6-8-12)15-13(17)9-10-22-15/h4-10,14H,3,11H2,1-2H3/t14?,17-,18-/m1/s1. The Morgan fingerprint density at radius 3 is 2.87 bits per heavy atom. The Kier molecular flexibility index (Phi) is 3.55. The SMILES string of the molecule is CCS[C@@]12CC(C(=O)OC)[C@@](c3ccccc3)(O1)c1sccc12. The molecule has 120 valence electrons. The summed E-state index contributed by atoms with van der Waals surface area (Å²) >= 11 is 3.46. The summed E-state index contributed by atoms with van der Waals surface area (Å²) in [5.41, 5.74) is 1.56. The summed E-state index contributed by atoms with van der Waals surface area (Å²) in [6.07, 6.45) is 0.663. The van der Waals surface area contributed by atoms with Gasteiger partial charge in [-0.2, -0.15) is 0 Å². The molecule has 0 amide bonds. The Morgan fingerprint density at radius 2 is 2.17 bits per heavy atom. The Balaban J connectivity index is 1.95. The molecule has 23 heavy (non-hydrogen) atoms. The zero-order chi connectivity index (χ0) is 16.1. The molecule has 0 radical (unpaired) electrons. The van der Waals surface area contributed by atoms with Crippen molar-refractivity contribution in [2.75, 3.05) is 12.9 Å². The van der Waals surface area contributed by atoms with Crippen LogP contribution in [0.4, 0.5) is 0 Å². The van der Waals surface area contributed by atoms with Crippen molar-refractivity contribution in [1.29, 1.82) is 0 Å². The first-order chi connectivity index (χ1) is 11.2. The summed E-state index contributed by atoms with van der Waals surface area (Å²) < 4.78 is 11.8. The van der Waals surface area contributed by atoms with Gasteiger partial charge < -0.3 is 9.47 Å². The second kappa shape index (κ2) is 5.36. The highest BCUT2D eigenvalue weighted by Gasteiger charge is 2.68. The third kappa shape index (κ3) is 1.90. The van der Waals surface area contributed by atoms with E-state index in [4.69, 9.17) is 9.47 Å². The second-order valence-corrected chi connectivity index (χ2v) is 8.27. The maximum absolute atomic E-state index is 12.6. The van der Waals surface area contributed by atoms with Gasteiger partial charge in [0.1, 0.15) is 10.5 Å². The molecule has 5 heteroatoms. The van der Waals surface area contributed by atoms with E-state index in [-0.39, 0.29) is 11.9 Å². The molecule has 1 aromatic heterocycles. The molecule has 2 aliphatic heterocycles. The first-order valence-electron chi connectivity index (χ1n) is 7.74. The maximum atomic E-state index is 12.6. The van der Waals surface area contributed by atoms with Gasteiger partial charge in [-0.05, 0) is 22.8 Å². The van der Waals surface area contributed by atoms with Crippen LogP contribution in [-0.2, 0) is 24.8 Å². The van der Waals surface area contributed by atoms with Crippen molar-refractivity contribution in [2.24, 2.45) is 5.92 Å². The fraction of sp³-hybridized carbons (Fsp3) is 0.389. The lowest BCUT2D eigenvalue weighted by atomic mass is 9.75. The van der Waals surface area contributed by atoms with E-state index in [1.54, 1.807) is 23.1 Å². The van der Waals surface area contributed by atoms with E-state index in [9.17, 15) is 4.79 Å². The fourth-order valence-corrected chi connectivity index (χ4v) is 6.43. The molecule has 1 fully saturated rings. The van der Waals surface area contributed by atoms with Crippen LogP contribution in [0.2, 0.25) is 0 Å². The first kappa shape index (κ1) is 15.2. The van der Waals surface area contributed by atoms with Crippen LogP contribution in [-0.4, -0.2) is 18.8 Å². The minimum atomic E-state index is -0.708. The molecule has 3 atom stereocenters. The number of fused-ring (bicyclic) bond motifs is 5. The molecule has 3 nitrogen and oxygen atoms in total. The Hall–Kier alpha value is -1.30. The van der Waals surface area contributed by atoms with Crippen molar-refractivity contribution in [3.05, 3.63) is 57.8 Å². The number of hydrogen-bond acceptors (Lipinski definition) is 5. The number of thioether (sulfide) groups is 1. The van der Waals surface area contributed by atoms with Gasteiger partial charge in [-0.15, -0.1) is 23.1 Å². The number of benzene rings is 1. The van der Waals surface area contributed by atoms with Crippen LogP contribution in [0.3, 0.4) is 0 Å². The number of hydrogen-bond donors (Lipinski definition) is 0. The van der Waals surface area contributed by atoms with E-state index in [0.29, 0.717) is 6.42 Å². The number of methoxy groups -OCH3 is 1. The van der Waals surface area contributed by atoms with Crippen molar-refractivity contribution >= 4 is 29.1 Å². The predicted molar refractivity (Wildman–Crippen MR) is 92.6 cm³/mol. The van der Waals surface area contributed by atoms with Crippen LogP contribution in [0, 0.1) is 5.92 Å². The molecule has 0 N–H and O–H groups in total. The van der Waals surface area contributed by atoms with Gasteiger partial charge in [-0.25, -0.2) is 0 Å². The fourth-order valence-electron chi connectivity index (χ4n) is 3.92. The smallest absolute Gasteiger partial charge is 0.312 e. The summed E-state index contributed by atoms with van der Waals surface area (Å²) in [4.78, 5) is 13.3. The van der Waals surface area contributed by atoms with Gasteiger partial charge >= 0.3 is 5.97 Å². The summed E-state index contributed by atoms with van der Waals surface area (Å²) in [6.45, 7) is 2.13. The van der Waals surface area contributed by atoms with Crippen LogP contribution in [0.15, 0.2) is 41.8 Å². The van der Waals surface area contributed by atoms with Gasteiger partial charge in [0.05, 0.1) is 13.0 Å². The van der Waals surface area contributed by atoms with Gasteiger partial charge in [0, 0.05) is 16.9 Å². The molecule has 2 aliphatic rings. The van der Waals surface area contributed by atoms with Crippen molar-refractivity contribution in [3.63, 3.8) is 0 Å². The third-order valence-electron chi connectivity index (χ3n) is 4.77. The van der Waals surface area contributed by atoms with Gasteiger partial charge in [-0.3, -0.25) is 4.79 Å². The molecule has 0 aliphatic carbocycles. The van der Waals surface area contributed by atoms with Gasteiger partial charge in [0.15, 0.2) is 0 Å². The van der Waals surface area contributed by atoms with Gasteiger partial charge in [0.25, 0.3) is 0 Å². The third-order valence-corrected chi connectivity index (χ3v) is 7.02. The molecule has 4 rings (SSSR count). The van der Waals surface area contributed by atoms with Crippen LogP contribution >= 0.6 is 23.1 Å². The van der Waals surface area contributed by atoms with E-state index >= 15 is 0 Å². The van der Waals surface area contributed by atoms with Crippen LogP contribution in [0.1, 0.15) is 29.3 Å². The molecule has 1 saturated heterocycles. The average Bonchev–Trinajstić information content (AvgIpc) is 3.25. The number of ether oxygens (including phenoxy) is 2. The summed E-state index contributed by atoms with van der Waals surface area (Å²) in [5.74, 6) is 0.445. The number of carbonyl (C=O) groups excluding carboxylic acids is 1. The van der Waals surface area contributed by atoms with Crippen molar-refractivity contribution in [2.45, 2.75) is 23.9 Å². The van der Waals surface area contributed by atoms with E-state index in [1.807, 2.05) is 18.2 Å². The lowest BCUT2D eigenvalue weighted by molar-refractivity contribution is -0.150. The minimum absolute atomic E-state index is 0.188. The second-order valence-electron chi connectivity index (χ2n) is 5.83. The quantitative estimate of drug-likeness (QED) is 0.780. The van der Waals surface area contributed by atoms with Crippen LogP contribution in [0.25, 0.3) is 0 Å². The molecule has 0 spiro atoms. The normalized spacial score (nSPS) is 31.1. The number of thiophene rings is 1. The van der Waals surface area contributed by atoms with Crippen LogP contribution < -0.4 is 0 Å². The zero-order valence-corrected chi connectivity index (χ0v) is 14.7. The van der Waals surface area contributed by atoms with Gasteiger partial charge in [0.2, 0.25) is 0 Å². The highest BCUT2D eigenvalue weighted by molar-refractivity contribution is 8.00. The van der Waals surface area contributed by atoms with Crippen molar-refractivity contribution in [1.82, 2.24) is 0 Å². The van der Waals surface area contributed by atoms with Crippen molar-refractivity contribution in [3.8, 4) is 0 Å². The van der Waals surface area contributed by atoms with Crippen molar-refractivity contribution < 1.29 is 14.3 Å². The minimum Gasteiger partial charge on any atom is -0.469 e. The van der Waals surface area contributed by atoms with E-state index in [0.717, 1.165) is 16.2 Å².